The number of fused-ring (bicyclic) bond motifs is 1. The number of rotatable bonds is 5. The third kappa shape index (κ3) is 4.88. The first-order chi connectivity index (χ1) is 13.0. The Morgan fingerprint density at radius 3 is 2.15 bits per heavy atom. The summed E-state index contributed by atoms with van der Waals surface area (Å²) in [4.78, 5) is 39.5. The zero-order chi connectivity index (χ0) is 19.2. The van der Waals surface area contributed by atoms with Gasteiger partial charge in [0.25, 0.3) is 0 Å². The highest BCUT2D eigenvalue weighted by molar-refractivity contribution is 6.10. The molecule has 0 saturated heterocycles. The smallest absolute Gasteiger partial charge is 0.233 e. The van der Waals surface area contributed by atoms with Crippen LogP contribution in [0, 0.1) is 0 Å². The van der Waals surface area contributed by atoms with Gasteiger partial charge in [-0.15, -0.1) is 0 Å². The summed E-state index contributed by atoms with van der Waals surface area (Å²) in [6, 6.07) is 15.8. The molecule has 0 aliphatic rings. The maximum absolute atomic E-state index is 12.2. The van der Waals surface area contributed by atoms with E-state index >= 15 is 0 Å². The minimum atomic E-state index is -0.437. The maximum atomic E-state index is 12.2. The topological polar surface area (TPSA) is 100 Å². The van der Waals surface area contributed by atoms with Crippen molar-refractivity contribution in [1.29, 1.82) is 0 Å². The Hall–Kier alpha value is -3.74. The van der Waals surface area contributed by atoms with Gasteiger partial charge in [-0.25, -0.2) is 0 Å². The Morgan fingerprint density at radius 1 is 0.815 bits per heavy atom. The van der Waals surface area contributed by atoms with Gasteiger partial charge in [0.1, 0.15) is 6.42 Å². The van der Waals surface area contributed by atoms with Crippen LogP contribution in [0.3, 0.4) is 0 Å². The third-order valence-corrected chi connectivity index (χ3v) is 3.72. The fraction of sp³-hybridized carbons (Fsp3) is 0.100. The second kappa shape index (κ2) is 8.09. The van der Waals surface area contributed by atoms with Crippen LogP contribution in [0.15, 0.2) is 60.8 Å². The molecule has 0 fully saturated rings. The maximum Gasteiger partial charge on any atom is 0.233 e. The van der Waals surface area contributed by atoms with Crippen LogP contribution >= 0.6 is 0 Å². The fourth-order valence-electron chi connectivity index (χ4n) is 2.59. The summed E-state index contributed by atoms with van der Waals surface area (Å²) in [6.45, 7) is 1.42. The van der Waals surface area contributed by atoms with Gasteiger partial charge < -0.3 is 16.0 Å². The molecule has 0 saturated carbocycles. The van der Waals surface area contributed by atoms with Gasteiger partial charge >= 0.3 is 0 Å². The zero-order valence-corrected chi connectivity index (χ0v) is 14.7. The molecule has 7 heteroatoms. The van der Waals surface area contributed by atoms with Crippen LogP contribution in [0.1, 0.15) is 13.3 Å². The minimum absolute atomic E-state index is 0.175. The number of para-hydroxylation sites is 1. The Kier molecular flexibility index (Phi) is 5.41. The lowest BCUT2D eigenvalue weighted by molar-refractivity contribution is -0.123. The molecule has 3 N–H and O–H groups in total. The van der Waals surface area contributed by atoms with E-state index in [0.717, 1.165) is 5.39 Å². The SMILES string of the molecule is CC(=O)Nc1ccc(NC(=O)CC(=O)Nc2cccc3cccnc23)cc1. The average molecular weight is 362 g/mol. The standard InChI is InChI=1S/C20H18N4O3/c1-13(25)22-15-7-9-16(10-8-15)23-18(26)12-19(27)24-17-6-2-4-14-5-3-11-21-20(14)17/h2-11H,12H2,1H3,(H,22,25)(H,23,26)(H,24,27). The molecule has 136 valence electrons. The summed E-state index contributed by atoms with van der Waals surface area (Å²) < 4.78 is 0. The molecule has 27 heavy (non-hydrogen) atoms. The van der Waals surface area contributed by atoms with Gasteiger partial charge in [0.2, 0.25) is 17.7 Å². The lowest BCUT2D eigenvalue weighted by atomic mass is 10.2. The Balaban J connectivity index is 1.59. The van der Waals surface area contributed by atoms with Crippen LogP contribution in [-0.4, -0.2) is 22.7 Å². The van der Waals surface area contributed by atoms with Crippen LogP contribution in [0.5, 0.6) is 0 Å². The molecule has 0 radical (unpaired) electrons. The number of hydrogen-bond donors (Lipinski definition) is 3. The summed E-state index contributed by atoms with van der Waals surface area (Å²) >= 11 is 0. The van der Waals surface area contributed by atoms with Crippen LogP contribution in [0.4, 0.5) is 17.1 Å². The van der Waals surface area contributed by atoms with Crippen LogP contribution < -0.4 is 16.0 Å². The summed E-state index contributed by atoms with van der Waals surface area (Å²) in [7, 11) is 0. The van der Waals surface area contributed by atoms with E-state index in [0.29, 0.717) is 22.6 Å². The normalized spacial score (nSPS) is 10.3. The molecule has 0 spiro atoms. The van der Waals surface area contributed by atoms with Gasteiger partial charge in [0, 0.05) is 29.9 Å². The second-order valence-corrected chi connectivity index (χ2v) is 5.91. The van der Waals surface area contributed by atoms with Crippen LogP contribution in [-0.2, 0) is 14.4 Å². The highest BCUT2D eigenvalue weighted by Gasteiger charge is 2.12. The van der Waals surface area contributed by atoms with Crippen molar-refractivity contribution in [2.75, 3.05) is 16.0 Å². The van der Waals surface area contributed by atoms with Crippen LogP contribution in [0.25, 0.3) is 10.9 Å². The molecule has 2 aromatic carbocycles. The lowest BCUT2D eigenvalue weighted by Crippen LogP contribution is -2.21. The van der Waals surface area contributed by atoms with E-state index in [1.807, 2.05) is 24.3 Å². The Morgan fingerprint density at radius 2 is 1.44 bits per heavy atom. The molecule has 0 aliphatic heterocycles. The van der Waals surface area contributed by atoms with Gasteiger partial charge in [0.05, 0.1) is 11.2 Å². The lowest BCUT2D eigenvalue weighted by Gasteiger charge is -2.09. The van der Waals surface area contributed by atoms with Crippen molar-refractivity contribution in [2.24, 2.45) is 0 Å². The predicted molar refractivity (Wildman–Crippen MR) is 104 cm³/mol. The van der Waals surface area contributed by atoms with Gasteiger partial charge in [-0.1, -0.05) is 18.2 Å². The summed E-state index contributed by atoms with van der Waals surface area (Å²) in [5, 5.41) is 8.91. The fourth-order valence-corrected chi connectivity index (χ4v) is 2.59. The molecular weight excluding hydrogens is 344 g/mol. The predicted octanol–water partition coefficient (Wildman–Crippen LogP) is 3.16. The quantitative estimate of drug-likeness (QED) is 0.607. The van der Waals surface area contributed by atoms with Gasteiger partial charge in [-0.2, -0.15) is 0 Å². The number of anilines is 3. The van der Waals surface area contributed by atoms with Crippen molar-refractivity contribution in [3.63, 3.8) is 0 Å². The van der Waals surface area contributed by atoms with Crippen molar-refractivity contribution in [2.45, 2.75) is 13.3 Å². The number of pyridine rings is 1. The number of amides is 3. The van der Waals surface area contributed by atoms with E-state index in [2.05, 4.69) is 20.9 Å². The summed E-state index contributed by atoms with van der Waals surface area (Å²) in [5.41, 5.74) is 2.39. The van der Waals surface area contributed by atoms with Crippen molar-refractivity contribution < 1.29 is 14.4 Å². The van der Waals surface area contributed by atoms with E-state index in [9.17, 15) is 14.4 Å². The van der Waals surface area contributed by atoms with E-state index in [1.54, 1.807) is 36.5 Å². The second-order valence-electron chi connectivity index (χ2n) is 5.91. The molecule has 3 aromatic rings. The number of aromatic nitrogens is 1. The summed E-state index contributed by atoms with van der Waals surface area (Å²) in [5.74, 6) is -1.04. The molecule has 7 nitrogen and oxygen atoms in total. The highest BCUT2D eigenvalue weighted by atomic mass is 16.2. The molecule has 3 rings (SSSR count). The number of nitrogens with zero attached hydrogens (tertiary/aromatic N) is 1. The van der Waals surface area contributed by atoms with Crippen molar-refractivity contribution >= 4 is 45.7 Å². The summed E-state index contributed by atoms with van der Waals surface area (Å²) in [6.07, 6.45) is 1.33. The van der Waals surface area contributed by atoms with Crippen LogP contribution in [0.2, 0.25) is 0 Å². The van der Waals surface area contributed by atoms with E-state index in [4.69, 9.17) is 0 Å². The van der Waals surface area contributed by atoms with Crippen molar-refractivity contribution in [3.05, 3.63) is 60.8 Å². The van der Waals surface area contributed by atoms with Crippen molar-refractivity contribution in [3.8, 4) is 0 Å². The number of hydrogen-bond acceptors (Lipinski definition) is 4. The Labute approximate surface area is 155 Å². The van der Waals surface area contributed by atoms with E-state index in [1.165, 1.54) is 6.92 Å². The Bertz CT molecular complexity index is 994. The number of carbonyl (C=O) groups excluding carboxylic acids is 3. The third-order valence-electron chi connectivity index (χ3n) is 3.72. The van der Waals surface area contributed by atoms with Gasteiger partial charge in [0.15, 0.2) is 0 Å². The number of nitrogens with one attached hydrogen (secondary N) is 3. The number of carbonyl (C=O) groups is 3. The van der Waals surface area contributed by atoms with Crippen molar-refractivity contribution in [1.82, 2.24) is 4.98 Å². The molecule has 0 unspecified atom stereocenters. The first-order valence-electron chi connectivity index (χ1n) is 8.32. The molecule has 1 heterocycles. The first kappa shape index (κ1) is 18.1. The monoisotopic (exact) mass is 362 g/mol. The van der Waals surface area contributed by atoms with E-state index in [-0.39, 0.29) is 12.3 Å². The van der Waals surface area contributed by atoms with Gasteiger partial charge in [-0.3, -0.25) is 19.4 Å². The zero-order valence-electron chi connectivity index (χ0n) is 14.7. The van der Waals surface area contributed by atoms with E-state index < -0.39 is 11.8 Å². The first-order valence-corrected chi connectivity index (χ1v) is 8.32. The molecule has 0 aliphatic carbocycles. The minimum Gasteiger partial charge on any atom is -0.326 e. The molecule has 0 bridgehead atoms. The van der Waals surface area contributed by atoms with Gasteiger partial charge in [-0.05, 0) is 36.4 Å². The average Bonchev–Trinajstić information content (AvgIpc) is 2.63. The molecule has 3 amide bonds. The molecule has 1 aromatic heterocycles. The number of benzene rings is 2. The highest BCUT2D eigenvalue weighted by Crippen LogP contribution is 2.20. The largest absolute Gasteiger partial charge is 0.326 e. The molecule has 0 atom stereocenters. The molecular formula is C20H18N4O3.